The Morgan fingerprint density at radius 3 is 2.50 bits per heavy atom. The van der Waals surface area contributed by atoms with E-state index >= 15 is 0 Å². The van der Waals surface area contributed by atoms with Crippen LogP contribution in [0.5, 0.6) is 0 Å². The molecule has 3 nitrogen and oxygen atoms in total. The van der Waals surface area contributed by atoms with Crippen molar-refractivity contribution in [2.75, 3.05) is 0 Å². The largest absolute Gasteiger partial charge is 0.393 e. The fourth-order valence-corrected chi connectivity index (χ4v) is 8.11. The second kappa shape index (κ2) is 7.89. The van der Waals surface area contributed by atoms with Crippen LogP contribution < -0.4 is 0 Å². The Bertz CT molecular complexity index is 736. The molecule has 4 aliphatic carbocycles. The van der Waals surface area contributed by atoms with Crippen LogP contribution in [0.3, 0.4) is 0 Å². The molecule has 0 aromatic heterocycles. The first-order valence-electron chi connectivity index (χ1n) is 12.4. The van der Waals surface area contributed by atoms with Gasteiger partial charge in [-0.15, -0.1) is 0 Å². The summed E-state index contributed by atoms with van der Waals surface area (Å²) in [6, 6.07) is 0. The molecule has 0 aromatic rings. The van der Waals surface area contributed by atoms with E-state index in [2.05, 4.69) is 32.9 Å². The standard InChI is InChI=1S/C27H42O3/c1-16(2)23(29)9-6-17(3)20-7-8-21-25-22(11-13-27(20,21)5)26(4)12-10-19(28)14-18(26)15-24(25)30/h6,9,15-17,19-22,24-25,28,30H,7-8,10-14H2,1-5H3/b9-6+/t17-,19+,20-,21+,22+,24+,25+,26+,27-/m1/s1. The third kappa shape index (κ3) is 3.45. The molecular weight excluding hydrogens is 372 g/mol. The van der Waals surface area contributed by atoms with Crippen molar-refractivity contribution in [1.29, 1.82) is 0 Å². The lowest BCUT2D eigenvalue weighted by molar-refractivity contribution is -0.117. The van der Waals surface area contributed by atoms with Crippen molar-refractivity contribution in [3.05, 3.63) is 23.8 Å². The third-order valence-corrected chi connectivity index (χ3v) is 9.94. The van der Waals surface area contributed by atoms with E-state index < -0.39 is 0 Å². The Hall–Kier alpha value is -0.930. The van der Waals surface area contributed by atoms with Crippen LogP contribution in [0.2, 0.25) is 0 Å². The van der Waals surface area contributed by atoms with Crippen molar-refractivity contribution in [1.82, 2.24) is 0 Å². The highest BCUT2D eigenvalue weighted by Gasteiger charge is 2.61. The van der Waals surface area contributed by atoms with E-state index in [1.165, 1.54) is 31.3 Å². The number of aliphatic hydroxyl groups is 2. The number of ketones is 1. The van der Waals surface area contributed by atoms with Gasteiger partial charge >= 0.3 is 0 Å². The number of fused-ring (bicyclic) bond motifs is 5. The van der Waals surface area contributed by atoms with E-state index in [-0.39, 0.29) is 34.7 Å². The van der Waals surface area contributed by atoms with E-state index in [0.29, 0.717) is 29.6 Å². The zero-order valence-electron chi connectivity index (χ0n) is 19.6. The lowest BCUT2D eigenvalue weighted by Gasteiger charge is -2.59. The topological polar surface area (TPSA) is 57.5 Å². The van der Waals surface area contributed by atoms with Crippen LogP contribution in [0.15, 0.2) is 23.8 Å². The fraction of sp³-hybridized carbons (Fsp3) is 0.815. The highest BCUT2D eigenvalue weighted by molar-refractivity contribution is 5.91. The van der Waals surface area contributed by atoms with Crippen molar-refractivity contribution < 1.29 is 15.0 Å². The second-order valence-corrected chi connectivity index (χ2v) is 11.8. The Kier molecular flexibility index (Phi) is 5.85. The Labute approximate surface area is 183 Å². The fourth-order valence-electron chi connectivity index (χ4n) is 8.11. The Morgan fingerprint density at radius 1 is 1.07 bits per heavy atom. The summed E-state index contributed by atoms with van der Waals surface area (Å²) >= 11 is 0. The van der Waals surface area contributed by atoms with Crippen LogP contribution in [-0.4, -0.2) is 28.2 Å². The van der Waals surface area contributed by atoms with E-state index in [0.717, 1.165) is 19.3 Å². The number of hydrogen-bond donors (Lipinski definition) is 2. The lowest BCUT2D eigenvalue weighted by Crippen LogP contribution is -2.54. The monoisotopic (exact) mass is 414 g/mol. The molecule has 0 saturated heterocycles. The molecule has 2 N–H and O–H groups in total. The van der Waals surface area contributed by atoms with Crippen LogP contribution in [0.25, 0.3) is 0 Å². The molecule has 0 aliphatic heterocycles. The van der Waals surface area contributed by atoms with Crippen LogP contribution in [0.1, 0.15) is 79.6 Å². The average molecular weight is 415 g/mol. The second-order valence-electron chi connectivity index (χ2n) is 11.8. The summed E-state index contributed by atoms with van der Waals surface area (Å²) in [4.78, 5) is 12.1. The maximum atomic E-state index is 12.1. The maximum absolute atomic E-state index is 12.1. The summed E-state index contributed by atoms with van der Waals surface area (Å²) in [5.74, 6) is 2.68. The van der Waals surface area contributed by atoms with Gasteiger partial charge in [0.15, 0.2) is 5.78 Å². The van der Waals surface area contributed by atoms with Gasteiger partial charge in [0.05, 0.1) is 12.2 Å². The molecular formula is C27H42O3. The highest BCUT2D eigenvalue weighted by Crippen LogP contribution is 2.67. The van der Waals surface area contributed by atoms with Gasteiger partial charge in [0.25, 0.3) is 0 Å². The summed E-state index contributed by atoms with van der Waals surface area (Å²) in [7, 11) is 0. The molecule has 168 valence electrons. The molecule has 3 saturated carbocycles. The molecule has 0 aromatic carbocycles. The molecule has 0 bridgehead atoms. The number of carbonyl (C=O) groups is 1. The molecule has 0 spiro atoms. The first kappa shape index (κ1) is 22.3. The SMILES string of the molecule is CC(C)C(=O)/C=C/[C@@H](C)[C@H]1CC[C@H]2[C@@H]3[C@@H](O)C=C4C[C@@H](O)CC[C@]4(C)[C@H]3CC[C@]12C. The Morgan fingerprint density at radius 2 is 1.80 bits per heavy atom. The number of hydrogen-bond acceptors (Lipinski definition) is 3. The van der Waals surface area contributed by atoms with Crippen molar-refractivity contribution in [3.63, 3.8) is 0 Å². The number of aliphatic hydroxyl groups excluding tert-OH is 2. The summed E-state index contributed by atoms with van der Waals surface area (Å²) in [6.45, 7) is 11.1. The van der Waals surface area contributed by atoms with Gasteiger partial charge in [-0.3, -0.25) is 4.79 Å². The summed E-state index contributed by atoms with van der Waals surface area (Å²) in [6.07, 6.45) is 13.0. The first-order valence-corrected chi connectivity index (χ1v) is 12.4. The minimum atomic E-state index is -0.375. The van der Waals surface area contributed by atoms with E-state index in [9.17, 15) is 15.0 Å². The van der Waals surface area contributed by atoms with E-state index in [1.54, 1.807) is 0 Å². The van der Waals surface area contributed by atoms with E-state index in [1.807, 2.05) is 19.9 Å². The molecule has 0 unspecified atom stereocenters. The van der Waals surface area contributed by atoms with Crippen molar-refractivity contribution in [2.24, 2.45) is 46.3 Å². The molecule has 0 amide bonds. The first-order chi connectivity index (χ1) is 14.1. The van der Waals surface area contributed by atoms with Gasteiger partial charge in [0.2, 0.25) is 0 Å². The predicted molar refractivity (Wildman–Crippen MR) is 121 cm³/mol. The molecule has 30 heavy (non-hydrogen) atoms. The van der Waals surface area contributed by atoms with Gasteiger partial charge in [0.1, 0.15) is 0 Å². The third-order valence-electron chi connectivity index (χ3n) is 9.94. The van der Waals surface area contributed by atoms with Crippen LogP contribution in [0, 0.1) is 46.3 Å². The van der Waals surface area contributed by atoms with Gasteiger partial charge in [-0.25, -0.2) is 0 Å². The molecule has 3 heteroatoms. The van der Waals surface area contributed by atoms with Crippen molar-refractivity contribution in [3.8, 4) is 0 Å². The van der Waals surface area contributed by atoms with Gasteiger partial charge in [-0.05, 0) is 91.4 Å². The molecule has 4 rings (SSSR count). The number of carbonyl (C=O) groups excluding carboxylic acids is 1. The van der Waals surface area contributed by atoms with Crippen LogP contribution in [-0.2, 0) is 4.79 Å². The smallest absolute Gasteiger partial charge is 0.157 e. The zero-order valence-corrected chi connectivity index (χ0v) is 19.6. The average Bonchev–Trinajstić information content (AvgIpc) is 3.04. The Balaban J connectivity index is 1.58. The van der Waals surface area contributed by atoms with Gasteiger partial charge < -0.3 is 10.2 Å². The lowest BCUT2D eigenvalue weighted by atomic mass is 9.46. The molecule has 0 radical (unpaired) electrons. The number of rotatable bonds is 4. The van der Waals surface area contributed by atoms with Crippen molar-refractivity contribution >= 4 is 5.78 Å². The van der Waals surface area contributed by atoms with Gasteiger partial charge in [-0.1, -0.05) is 52.3 Å². The molecule has 0 heterocycles. The van der Waals surface area contributed by atoms with Gasteiger partial charge in [0, 0.05) is 5.92 Å². The molecule has 4 aliphatic rings. The quantitative estimate of drug-likeness (QED) is 0.484. The van der Waals surface area contributed by atoms with E-state index in [4.69, 9.17) is 0 Å². The van der Waals surface area contributed by atoms with Crippen molar-refractivity contribution in [2.45, 2.75) is 91.8 Å². The maximum Gasteiger partial charge on any atom is 0.157 e. The highest BCUT2D eigenvalue weighted by atomic mass is 16.3. The molecule has 9 atom stereocenters. The van der Waals surface area contributed by atoms with Gasteiger partial charge in [-0.2, -0.15) is 0 Å². The predicted octanol–water partition coefficient (Wildman–Crippen LogP) is 5.31. The minimum Gasteiger partial charge on any atom is -0.393 e. The summed E-state index contributed by atoms with van der Waals surface area (Å²) < 4.78 is 0. The summed E-state index contributed by atoms with van der Waals surface area (Å²) in [5, 5.41) is 21.5. The minimum absolute atomic E-state index is 0.0592. The molecule has 3 fully saturated rings. The van der Waals surface area contributed by atoms with Crippen LogP contribution in [0.4, 0.5) is 0 Å². The zero-order chi connectivity index (χ0) is 21.8. The normalized spacial score (nSPS) is 46.9. The number of allylic oxidation sites excluding steroid dienone is 2. The van der Waals surface area contributed by atoms with Crippen LogP contribution >= 0.6 is 0 Å². The summed E-state index contributed by atoms with van der Waals surface area (Å²) in [5.41, 5.74) is 1.71.